The number of fused-ring (bicyclic) bond motifs is 1. The Kier molecular flexibility index (Phi) is 9.02. The summed E-state index contributed by atoms with van der Waals surface area (Å²) in [5, 5.41) is 17.3. The van der Waals surface area contributed by atoms with Gasteiger partial charge in [0.05, 0.1) is 18.2 Å². The molecule has 2 aliphatic heterocycles. The van der Waals surface area contributed by atoms with Crippen molar-refractivity contribution in [1.82, 2.24) is 15.5 Å². The summed E-state index contributed by atoms with van der Waals surface area (Å²) in [5.41, 5.74) is 0. The molecule has 2 saturated heterocycles. The van der Waals surface area contributed by atoms with E-state index in [1.165, 1.54) is 12.8 Å². The van der Waals surface area contributed by atoms with Crippen molar-refractivity contribution in [2.24, 2.45) is 23.7 Å². The molecule has 6 atom stereocenters. The summed E-state index contributed by atoms with van der Waals surface area (Å²) >= 11 is 12.7. The minimum atomic E-state index is -0.697. The lowest BCUT2D eigenvalue weighted by atomic mass is 9.81. The molecule has 8 heteroatoms. The molecular weight excluding hydrogens is 449 g/mol. The maximum absolute atomic E-state index is 11.2. The van der Waals surface area contributed by atoms with Crippen LogP contribution < -0.4 is 10.6 Å². The van der Waals surface area contributed by atoms with E-state index in [1.807, 2.05) is 0 Å². The molecule has 32 heavy (non-hydrogen) atoms. The first-order chi connectivity index (χ1) is 15.4. The number of carbonyl (C=O) groups is 1. The molecule has 2 heterocycles. The van der Waals surface area contributed by atoms with Gasteiger partial charge < -0.3 is 20.1 Å². The van der Waals surface area contributed by atoms with Crippen LogP contribution >= 0.6 is 23.2 Å². The van der Waals surface area contributed by atoms with Gasteiger partial charge in [-0.15, -0.1) is 23.2 Å². The zero-order chi connectivity index (χ0) is 22.7. The summed E-state index contributed by atoms with van der Waals surface area (Å²) in [7, 11) is 0. The van der Waals surface area contributed by atoms with E-state index < -0.39 is 5.97 Å². The van der Waals surface area contributed by atoms with Gasteiger partial charge in [-0.3, -0.25) is 10.1 Å². The smallest absolute Gasteiger partial charge is 0.307 e. The Hall–Kier alpha value is -0.110. The van der Waals surface area contributed by atoms with E-state index in [0.717, 1.165) is 64.8 Å². The topological polar surface area (TPSA) is 73.8 Å². The van der Waals surface area contributed by atoms with E-state index in [4.69, 9.17) is 27.9 Å². The third-order valence-corrected chi connectivity index (χ3v) is 8.93. The summed E-state index contributed by atoms with van der Waals surface area (Å²) in [4.78, 5) is 13.5. The van der Waals surface area contributed by atoms with Crippen molar-refractivity contribution in [2.75, 3.05) is 32.8 Å². The second kappa shape index (κ2) is 11.5. The number of ether oxygens (including phenoxy) is 1. The fraction of sp³-hybridized carbons (Fsp3) is 0.958. The van der Waals surface area contributed by atoms with Crippen LogP contribution in [0.4, 0.5) is 0 Å². The van der Waals surface area contributed by atoms with Gasteiger partial charge in [-0.25, -0.2) is 0 Å². The fourth-order valence-electron chi connectivity index (χ4n) is 6.32. The van der Waals surface area contributed by atoms with Gasteiger partial charge in [0.1, 0.15) is 0 Å². The van der Waals surface area contributed by atoms with Crippen LogP contribution in [0.3, 0.4) is 0 Å². The molecule has 0 aromatic carbocycles. The SMILES string of the molecule is CC(CN1CCC2NC(C3CCC(OCC4CC(Cl)CC(Cl)C4)CC3)NCC2C1)C(=O)O. The van der Waals surface area contributed by atoms with Gasteiger partial charge >= 0.3 is 5.97 Å². The van der Waals surface area contributed by atoms with Crippen molar-refractivity contribution in [3.8, 4) is 0 Å². The molecule has 0 aromatic rings. The number of piperidine rings is 1. The van der Waals surface area contributed by atoms with Crippen molar-refractivity contribution < 1.29 is 14.6 Å². The molecular formula is C24H41Cl2N3O3. The molecule has 0 aromatic heterocycles. The van der Waals surface area contributed by atoms with Gasteiger partial charge in [-0.05, 0) is 75.7 Å². The first kappa shape index (κ1) is 25.0. The predicted octanol–water partition coefficient (Wildman–Crippen LogP) is 3.51. The third kappa shape index (κ3) is 6.73. The second-order valence-corrected chi connectivity index (χ2v) is 12.1. The summed E-state index contributed by atoms with van der Waals surface area (Å²) in [6.45, 7) is 6.28. The molecule has 0 spiro atoms. The maximum Gasteiger partial charge on any atom is 0.307 e. The van der Waals surface area contributed by atoms with Crippen LogP contribution in [0.25, 0.3) is 0 Å². The van der Waals surface area contributed by atoms with Crippen LogP contribution in [-0.4, -0.2) is 77.8 Å². The summed E-state index contributed by atoms with van der Waals surface area (Å²) in [6, 6.07) is 0.546. The molecule has 3 N–H and O–H groups in total. The monoisotopic (exact) mass is 489 g/mol. The first-order valence-electron chi connectivity index (χ1n) is 12.7. The number of likely N-dealkylation sites (tertiary alicyclic amines) is 1. The number of nitrogens with one attached hydrogen (secondary N) is 2. The van der Waals surface area contributed by atoms with Crippen LogP contribution in [0, 0.1) is 23.7 Å². The molecule has 6 nitrogen and oxygen atoms in total. The van der Waals surface area contributed by atoms with Crippen molar-refractivity contribution in [1.29, 1.82) is 0 Å². The zero-order valence-electron chi connectivity index (χ0n) is 19.4. The van der Waals surface area contributed by atoms with Crippen LogP contribution in [-0.2, 0) is 9.53 Å². The van der Waals surface area contributed by atoms with Crippen molar-refractivity contribution in [3.63, 3.8) is 0 Å². The number of aliphatic carboxylic acids is 1. The fourth-order valence-corrected chi connectivity index (χ4v) is 7.35. The summed E-state index contributed by atoms with van der Waals surface area (Å²) in [5.74, 6) is 0.737. The summed E-state index contributed by atoms with van der Waals surface area (Å²) in [6.07, 6.45) is 9.57. The number of alkyl halides is 2. The Balaban J connectivity index is 1.15. The van der Waals surface area contributed by atoms with E-state index >= 15 is 0 Å². The van der Waals surface area contributed by atoms with Crippen LogP contribution in [0.2, 0.25) is 0 Å². The Morgan fingerprint density at radius 2 is 1.81 bits per heavy atom. The number of nitrogens with zero attached hydrogens (tertiary/aromatic N) is 1. The lowest BCUT2D eigenvalue weighted by molar-refractivity contribution is -0.142. The number of carboxylic acid groups (broad SMARTS) is 1. The van der Waals surface area contributed by atoms with Gasteiger partial charge in [-0.2, -0.15) is 0 Å². The average molecular weight is 491 g/mol. The van der Waals surface area contributed by atoms with Gasteiger partial charge in [0, 0.05) is 43.0 Å². The van der Waals surface area contributed by atoms with E-state index in [9.17, 15) is 9.90 Å². The minimum absolute atomic E-state index is 0.204. The quantitative estimate of drug-likeness (QED) is 0.475. The van der Waals surface area contributed by atoms with Gasteiger partial charge in [0.25, 0.3) is 0 Å². The van der Waals surface area contributed by atoms with Gasteiger partial charge in [0.15, 0.2) is 0 Å². The largest absolute Gasteiger partial charge is 0.481 e. The maximum atomic E-state index is 11.2. The highest BCUT2D eigenvalue weighted by Crippen LogP contribution is 2.34. The van der Waals surface area contributed by atoms with Crippen molar-refractivity contribution in [2.45, 2.75) is 87.4 Å². The Morgan fingerprint density at radius 3 is 2.50 bits per heavy atom. The second-order valence-electron chi connectivity index (χ2n) is 10.8. The highest BCUT2D eigenvalue weighted by Gasteiger charge is 2.38. The van der Waals surface area contributed by atoms with Crippen LogP contribution in [0.15, 0.2) is 0 Å². The van der Waals surface area contributed by atoms with Crippen molar-refractivity contribution >= 4 is 29.2 Å². The zero-order valence-corrected chi connectivity index (χ0v) is 20.9. The van der Waals surface area contributed by atoms with E-state index in [2.05, 4.69) is 15.5 Å². The highest BCUT2D eigenvalue weighted by atomic mass is 35.5. The van der Waals surface area contributed by atoms with Crippen LogP contribution in [0.1, 0.15) is 58.3 Å². The lowest BCUT2D eigenvalue weighted by Crippen LogP contribution is -2.65. The number of hydrogen-bond donors (Lipinski definition) is 3. The van der Waals surface area contributed by atoms with Gasteiger partial charge in [-0.1, -0.05) is 6.92 Å². The standard InChI is InChI=1S/C24H41Cl2N3O3/c1-15(24(30)31)12-29-7-6-22-18(13-29)11-27-23(28-22)17-2-4-21(5-3-17)32-14-16-8-19(25)10-20(26)9-16/h15-23,27-28H,2-14H2,1H3,(H,30,31). The molecule has 0 bridgehead atoms. The Bertz CT molecular complexity index is 609. The normalized spacial score (nSPS) is 42.2. The number of halogens is 2. The van der Waals surface area contributed by atoms with E-state index in [0.29, 0.717) is 42.6 Å². The summed E-state index contributed by atoms with van der Waals surface area (Å²) < 4.78 is 6.30. The first-order valence-corrected chi connectivity index (χ1v) is 13.6. The minimum Gasteiger partial charge on any atom is -0.481 e. The molecule has 184 valence electrons. The van der Waals surface area contributed by atoms with Gasteiger partial charge in [0.2, 0.25) is 0 Å². The highest BCUT2D eigenvalue weighted by molar-refractivity contribution is 6.23. The molecule has 2 aliphatic carbocycles. The Morgan fingerprint density at radius 1 is 1.09 bits per heavy atom. The molecule has 4 fully saturated rings. The predicted molar refractivity (Wildman–Crippen MR) is 128 cm³/mol. The van der Waals surface area contributed by atoms with E-state index in [-0.39, 0.29) is 16.7 Å². The molecule has 2 saturated carbocycles. The Labute approximate surface area is 203 Å². The number of hydrogen-bond acceptors (Lipinski definition) is 5. The molecule has 4 aliphatic rings. The molecule has 0 radical (unpaired) electrons. The molecule has 4 rings (SSSR count). The lowest BCUT2D eigenvalue weighted by Gasteiger charge is -2.47. The van der Waals surface area contributed by atoms with E-state index in [1.54, 1.807) is 6.92 Å². The molecule has 6 unspecified atom stereocenters. The van der Waals surface area contributed by atoms with Crippen molar-refractivity contribution in [3.05, 3.63) is 0 Å². The number of rotatable bonds is 7. The third-order valence-electron chi connectivity index (χ3n) is 8.21. The van der Waals surface area contributed by atoms with Crippen LogP contribution in [0.5, 0.6) is 0 Å². The number of carboxylic acids is 1. The average Bonchev–Trinajstić information content (AvgIpc) is 2.77. The molecule has 0 amide bonds.